The van der Waals surface area contributed by atoms with Crippen LogP contribution in [0.4, 0.5) is 13.2 Å². The van der Waals surface area contributed by atoms with Crippen LogP contribution in [0.15, 0.2) is 24.3 Å². The highest BCUT2D eigenvalue weighted by atomic mass is 19.4. The molecule has 1 aromatic carbocycles. The average molecular weight is 297 g/mol. The maximum Gasteiger partial charge on any atom is 0.573 e. The highest BCUT2D eigenvalue weighted by Crippen LogP contribution is 2.49. The number of hydrogen-bond donors (Lipinski definition) is 0. The van der Waals surface area contributed by atoms with E-state index in [1.54, 1.807) is 12.1 Å². The van der Waals surface area contributed by atoms with Crippen LogP contribution < -0.4 is 4.74 Å². The van der Waals surface area contributed by atoms with Crippen molar-refractivity contribution in [1.29, 1.82) is 5.26 Å². The summed E-state index contributed by atoms with van der Waals surface area (Å²) in [7, 11) is 0. The summed E-state index contributed by atoms with van der Waals surface area (Å²) in [5, 5.41) is 9.50. The molecule has 0 aliphatic carbocycles. The number of rotatable bonds is 3. The monoisotopic (exact) mass is 297 g/mol. The van der Waals surface area contributed by atoms with Crippen molar-refractivity contribution in [3.63, 3.8) is 0 Å². The van der Waals surface area contributed by atoms with Crippen LogP contribution in [0.3, 0.4) is 0 Å². The molecule has 21 heavy (non-hydrogen) atoms. The Labute approximate surface area is 120 Å². The van der Waals surface area contributed by atoms with Gasteiger partial charge in [0.25, 0.3) is 0 Å². The van der Waals surface area contributed by atoms with Crippen molar-refractivity contribution in [2.24, 2.45) is 5.41 Å². The van der Waals surface area contributed by atoms with Gasteiger partial charge in [0, 0.05) is 0 Å². The second kappa shape index (κ2) is 4.92. The summed E-state index contributed by atoms with van der Waals surface area (Å²) in [4.78, 5) is 0. The molecule has 0 radical (unpaired) electrons. The van der Waals surface area contributed by atoms with E-state index >= 15 is 0 Å². The molecular formula is C15H14F3NO2. The van der Waals surface area contributed by atoms with Crippen LogP contribution in [0, 0.1) is 16.7 Å². The molecule has 0 N–H and O–H groups in total. The van der Waals surface area contributed by atoms with Gasteiger partial charge in [0.15, 0.2) is 0 Å². The highest BCUT2D eigenvalue weighted by molar-refractivity contribution is 5.30. The molecule has 2 saturated heterocycles. The van der Waals surface area contributed by atoms with Crippen molar-refractivity contribution in [2.45, 2.75) is 44.3 Å². The van der Waals surface area contributed by atoms with E-state index in [1.807, 2.05) is 0 Å². The Bertz CT molecular complexity index is 564. The van der Waals surface area contributed by atoms with Crippen molar-refractivity contribution in [1.82, 2.24) is 0 Å². The molecule has 0 spiro atoms. The van der Waals surface area contributed by atoms with Gasteiger partial charge in [-0.3, -0.25) is 0 Å². The quantitative estimate of drug-likeness (QED) is 0.856. The van der Waals surface area contributed by atoms with Crippen LogP contribution >= 0.6 is 0 Å². The average Bonchev–Trinajstić information content (AvgIpc) is 3.00. The zero-order valence-electron chi connectivity index (χ0n) is 11.2. The summed E-state index contributed by atoms with van der Waals surface area (Å²) >= 11 is 0. The molecule has 6 heteroatoms. The van der Waals surface area contributed by atoms with E-state index in [9.17, 15) is 18.4 Å². The largest absolute Gasteiger partial charge is 0.573 e. The number of alkyl halides is 3. The maximum atomic E-state index is 12.1. The molecule has 0 saturated carbocycles. The topological polar surface area (TPSA) is 42.2 Å². The standard InChI is InChI=1S/C15H14F3NO2/c16-15(17,18)21-11-3-1-10(2-4-11)7-14(9-19)8-12-5-6-13(14)20-12/h1-4,12-13H,5-8H2. The first kappa shape index (κ1) is 14.2. The second-order valence-electron chi connectivity index (χ2n) is 5.66. The van der Waals surface area contributed by atoms with Crippen LogP contribution in [0.25, 0.3) is 0 Å². The second-order valence-corrected chi connectivity index (χ2v) is 5.66. The van der Waals surface area contributed by atoms with Gasteiger partial charge in [-0.2, -0.15) is 5.26 Å². The van der Waals surface area contributed by atoms with E-state index in [4.69, 9.17) is 4.74 Å². The first-order valence-corrected chi connectivity index (χ1v) is 6.82. The molecule has 3 unspecified atom stereocenters. The fraction of sp³-hybridized carbons (Fsp3) is 0.533. The van der Waals surface area contributed by atoms with Gasteiger partial charge < -0.3 is 9.47 Å². The maximum absolute atomic E-state index is 12.1. The van der Waals surface area contributed by atoms with E-state index in [0.29, 0.717) is 12.8 Å². The lowest BCUT2D eigenvalue weighted by Gasteiger charge is -2.28. The minimum Gasteiger partial charge on any atom is -0.406 e. The molecule has 2 fully saturated rings. The van der Waals surface area contributed by atoms with E-state index in [0.717, 1.165) is 18.4 Å². The molecule has 2 bridgehead atoms. The third-order valence-electron chi connectivity index (χ3n) is 4.21. The molecular weight excluding hydrogens is 283 g/mol. The Kier molecular flexibility index (Phi) is 3.33. The number of nitriles is 1. The summed E-state index contributed by atoms with van der Waals surface area (Å²) in [5.41, 5.74) is 0.275. The summed E-state index contributed by atoms with van der Waals surface area (Å²) in [6, 6.07) is 8.08. The van der Waals surface area contributed by atoms with Crippen molar-refractivity contribution in [3.8, 4) is 11.8 Å². The molecule has 2 aliphatic heterocycles. The molecule has 0 aromatic heterocycles. The first-order chi connectivity index (χ1) is 9.90. The van der Waals surface area contributed by atoms with Crippen LogP contribution in [-0.4, -0.2) is 18.6 Å². The SMILES string of the molecule is N#CC1(Cc2ccc(OC(F)(F)F)cc2)CC2CCC1O2. The summed E-state index contributed by atoms with van der Waals surface area (Å²) in [6.07, 6.45) is -1.51. The molecule has 3 nitrogen and oxygen atoms in total. The molecule has 0 amide bonds. The van der Waals surface area contributed by atoms with Crippen molar-refractivity contribution in [2.75, 3.05) is 0 Å². The Morgan fingerprint density at radius 2 is 2.00 bits per heavy atom. The van der Waals surface area contributed by atoms with Gasteiger partial charge >= 0.3 is 6.36 Å². The Balaban J connectivity index is 1.72. The van der Waals surface area contributed by atoms with Gasteiger partial charge in [-0.1, -0.05) is 12.1 Å². The third-order valence-corrected chi connectivity index (χ3v) is 4.21. The Morgan fingerprint density at radius 3 is 2.48 bits per heavy atom. The van der Waals surface area contributed by atoms with Gasteiger partial charge in [0.1, 0.15) is 5.75 Å². The van der Waals surface area contributed by atoms with Crippen LogP contribution in [0.5, 0.6) is 5.75 Å². The van der Waals surface area contributed by atoms with Crippen molar-refractivity contribution < 1.29 is 22.6 Å². The molecule has 2 aliphatic rings. The number of benzene rings is 1. The number of ether oxygens (including phenoxy) is 2. The third kappa shape index (κ3) is 2.84. The molecule has 2 heterocycles. The predicted octanol–water partition coefficient (Wildman–Crippen LogP) is 3.59. The zero-order valence-corrected chi connectivity index (χ0v) is 11.2. The highest BCUT2D eigenvalue weighted by Gasteiger charge is 2.52. The fourth-order valence-electron chi connectivity index (χ4n) is 3.32. The Morgan fingerprint density at radius 1 is 1.29 bits per heavy atom. The Hall–Kier alpha value is -1.74. The van der Waals surface area contributed by atoms with Gasteiger partial charge in [0.05, 0.1) is 23.7 Å². The zero-order chi connectivity index (χ0) is 15.1. The number of fused-ring (bicyclic) bond motifs is 2. The minimum atomic E-state index is -4.69. The number of nitrogens with zero attached hydrogens (tertiary/aromatic N) is 1. The lowest BCUT2D eigenvalue weighted by Crippen LogP contribution is -2.33. The van der Waals surface area contributed by atoms with Gasteiger partial charge in [-0.25, -0.2) is 0 Å². The van der Waals surface area contributed by atoms with E-state index in [2.05, 4.69) is 10.8 Å². The van der Waals surface area contributed by atoms with Gasteiger partial charge in [-0.05, 0) is 43.4 Å². The lowest BCUT2D eigenvalue weighted by molar-refractivity contribution is -0.274. The van der Waals surface area contributed by atoms with Crippen LogP contribution in [0.2, 0.25) is 0 Å². The summed E-state index contributed by atoms with van der Waals surface area (Å²) in [6.45, 7) is 0. The normalized spacial score (nSPS) is 31.1. The first-order valence-electron chi connectivity index (χ1n) is 6.82. The van der Waals surface area contributed by atoms with Crippen LogP contribution in [0.1, 0.15) is 24.8 Å². The van der Waals surface area contributed by atoms with Gasteiger partial charge in [0.2, 0.25) is 0 Å². The smallest absolute Gasteiger partial charge is 0.406 e. The molecule has 112 valence electrons. The fourth-order valence-corrected chi connectivity index (χ4v) is 3.32. The number of hydrogen-bond acceptors (Lipinski definition) is 3. The van der Waals surface area contributed by atoms with Gasteiger partial charge in [-0.15, -0.1) is 13.2 Å². The summed E-state index contributed by atoms with van der Waals surface area (Å²) in [5.74, 6) is -0.249. The predicted molar refractivity (Wildman–Crippen MR) is 67.4 cm³/mol. The van der Waals surface area contributed by atoms with E-state index in [1.165, 1.54) is 12.1 Å². The molecule has 1 aromatic rings. The van der Waals surface area contributed by atoms with Crippen LogP contribution in [-0.2, 0) is 11.2 Å². The lowest BCUT2D eigenvalue weighted by atomic mass is 9.71. The van der Waals surface area contributed by atoms with E-state index in [-0.39, 0.29) is 18.0 Å². The molecule has 3 rings (SSSR count). The number of halogens is 3. The van der Waals surface area contributed by atoms with Crippen molar-refractivity contribution >= 4 is 0 Å². The summed E-state index contributed by atoms with van der Waals surface area (Å²) < 4.78 is 45.9. The molecule has 3 atom stereocenters. The van der Waals surface area contributed by atoms with E-state index < -0.39 is 11.8 Å². The van der Waals surface area contributed by atoms with Crippen molar-refractivity contribution in [3.05, 3.63) is 29.8 Å². The minimum absolute atomic E-state index is 0.0569.